The maximum absolute atomic E-state index is 10.4. The molecule has 0 aliphatic carbocycles. The first-order chi connectivity index (χ1) is 24.2. The Labute approximate surface area is 280 Å². The van der Waals surface area contributed by atoms with Gasteiger partial charge in [-0.15, -0.1) is 0 Å². The van der Waals surface area contributed by atoms with Crippen molar-refractivity contribution in [3.05, 3.63) is 157 Å². The SMILES string of the molecule is N#Cc1ccc(-n2c3ccccc3c3ccccc32)cc1-c1cc(-n2c3ccccc3c3c4oc5ccccc5c4ccc32)ccc1C#N. The average molecular weight is 625 g/mol. The summed E-state index contributed by atoms with van der Waals surface area (Å²) in [6.45, 7) is 0. The van der Waals surface area contributed by atoms with Gasteiger partial charge in [0.1, 0.15) is 11.2 Å². The van der Waals surface area contributed by atoms with Crippen molar-refractivity contribution in [2.45, 2.75) is 0 Å². The summed E-state index contributed by atoms with van der Waals surface area (Å²) in [7, 11) is 0. The molecular formula is C44H24N4O. The minimum Gasteiger partial charge on any atom is -0.455 e. The number of benzene rings is 7. The smallest absolute Gasteiger partial charge is 0.145 e. The monoisotopic (exact) mass is 624 g/mol. The molecule has 7 aromatic carbocycles. The van der Waals surface area contributed by atoms with Gasteiger partial charge >= 0.3 is 0 Å². The van der Waals surface area contributed by atoms with Crippen LogP contribution in [0.5, 0.6) is 0 Å². The molecule has 3 aromatic heterocycles. The van der Waals surface area contributed by atoms with Gasteiger partial charge in [0.05, 0.1) is 50.7 Å². The predicted octanol–water partition coefficient (Wildman–Crippen LogP) is 11.2. The van der Waals surface area contributed by atoms with Gasteiger partial charge in [0.25, 0.3) is 0 Å². The largest absolute Gasteiger partial charge is 0.455 e. The van der Waals surface area contributed by atoms with E-state index in [0.717, 1.165) is 76.9 Å². The average Bonchev–Trinajstić information content (AvgIpc) is 3.82. The van der Waals surface area contributed by atoms with Gasteiger partial charge in [-0.05, 0) is 72.8 Å². The highest BCUT2D eigenvalue weighted by Gasteiger charge is 2.21. The number of para-hydroxylation sites is 4. The first-order valence-corrected chi connectivity index (χ1v) is 16.1. The molecule has 0 fully saturated rings. The molecule has 49 heavy (non-hydrogen) atoms. The number of rotatable bonds is 3. The van der Waals surface area contributed by atoms with Crippen LogP contribution in [0.25, 0.3) is 88.1 Å². The van der Waals surface area contributed by atoms with E-state index in [4.69, 9.17) is 4.42 Å². The second kappa shape index (κ2) is 10.2. The number of fused-ring (bicyclic) bond motifs is 10. The van der Waals surface area contributed by atoms with Crippen LogP contribution in [0.4, 0.5) is 0 Å². The zero-order valence-electron chi connectivity index (χ0n) is 26.1. The van der Waals surface area contributed by atoms with Crippen LogP contribution in [0.15, 0.2) is 150 Å². The molecule has 10 aromatic rings. The molecule has 0 bridgehead atoms. The van der Waals surface area contributed by atoms with Crippen molar-refractivity contribution < 1.29 is 4.42 Å². The first-order valence-electron chi connectivity index (χ1n) is 16.1. The van der Waals surface area contributed by atoms with Crippen molar-refractivity contribution in [3.63, 3.8) is 0 Å². The predicted molar refractivity (Wildman–Crippen MR) is 197 cm³/mol. The molecule has 0 radical (unpaired) electrons. The van der Waals surface area contributed by atoms with Crippen molar-refractivity contribution in [2.75, 3.05) is 0 Å². The number of hydrogen-bond acceptors (Lipinski definition) is 3. The van der Waals surface area contributed by atoms with Crippen LogP contribution in [-0.2, 0) is 0 Å². The lowest BCUT2D eigenvalue weighted by molar-refractivity contribution is 0.673. The highest BCUT2D eigenvalue weighted by molar-refractivity contribution is 6.23. The van der Waals surface area contributed by atoms with E-state index >= 15 is 0 Å². The summed E-state index contributed by atoms with van der Waals surface area (Å²) in [6.07, 6.45) is 0. The van der Waals surface area contributed by atoms with Gasteiger partial charge in [-0.2, -0.15) is 10.5 Å². The second-order valence-electron chi connectivity index (χ2n) is 12.3. The molecule has 0 amide bonds. The molecule has 5 heteroatoms. The Hall–Kier alpha value is -7.08. The summed E-state index contributed by atoms with van der Waals surface area (Å²) in [4.78, 5) is 0. The summed E-state index contributed by atoms with van der Waals surface area (Å²) < 4.78 is 11.0. The van der Waals surface area contributed by atoms with Crippen molar-refractivity contribution in [1.29, 1.82) is 10.5 Å². The quantitative estimate of drug-likeness (QED) is 0.196. The Kier molecular flexibility index (Phi) is 5.64. The third kappa shape index (κ3) is 3.79. The number of hydrogen-bond donors (Lipinski definition) is 0. The zero-order chi connectivity index (χ0) is 32.6. The molecule has 0 saturated carbocycles. The summed E-state index contributed by atoms with van der Waals surface area (Å²) in [5.74, 6) is 0. The van der Waals surface area contributed by atoms with Gasteiger partial charge in [-0.1, -0.05) is 72.8 Å². The van der Waals surface area contributed by atoms with Crippen LogP contribution in [0.2, 0.25) is 0 Å². The summed E-state index contributed by atoms with van der Waals surface area (Å²) in [6, 6.07) is 54.1. The topological polar surface area (TPSA) is 70.6 Å². The van der Waals surface area contributed by atoms with E-state index in [1.54, 1.807) is 0 Å². The third-order valence-electron chi connectivity index (χ3n) is 9.81. The van der Waals surface area contributed by atoms with Gasteiger partial charge in [0.15, 0.2) is 0 Å². The number of nitrogens with zero attached hydrogens (tertiary/aromatic N) is 4. The van der Waals surface area contributed by atoms with E-state index in [0.29, 0.717) is 22.3 Å². The van der Waals surface area contributed by atoms with Crippen molar-refractivity contribution in [2.24, 2.45) is 0 Å². The molecular weight excluding hydrogens is 601 g/mol. The van der Waals surface area contributed by atoms with E-state index in [1.165, 1.54) is 0 Å². The molecule has 5 nitrogen and oxygen atoms in total. The molecule has 0 atom stereocenters. The highest BCUT2D eigenvalue weighted by atomic mass is 16.3. The Morgan fingerprint density at radius 2 is 0.918 bits per heavy atom. The fraction of sp³-hybridized carbons (Fsp3) is 0. The lowest BCUT2D eigenvalue weighted by Gasteiger charge is -2.15. The highest BCUT2D eigenvalue weighted by Crippen LogP contribution is 2.42. The summed E-state index contributed by atoms with van der Waals surface area (Å²) in [5, 5.41) is 27.3. The molecule has 0 aliphatic rings. The standard InChI is InChI=1S/C44H24N4O/c45-25-27-17-19-29(47-38-13-5-1-9-31(38)32-10-2-6-14-39(32)47)23-36(27)37-24-30(20-18-28(37)26-46)48-40-15-7-3-12-35(40)43-41(48)22-21-34-33-11-4-8-16-42(33)49-44(34)43/h1-24H. The fourth-order valence-corrected chi connectivity index (χ4v) is 7.70. The van der Waals surface area contributed by atoms with Crippen LogP contribution >= 0.6 is 0 Å². The molecule has 0 unspecified atom stereocenters. The molecule has 10 rings (SSSR count). The molecule has 226 valence electrons. The van der Waals surface area contributed by atoms with Gasteiger partial charge in [-0.25, -0.2) is 0 Å². The Balaban J connectivity index is 1.24. The second-order valence-corrected chi connectivity index (χ2v) is 12.3. The lowest BCUT2D eigenvalue weighted by Crippen LogP contribution is -1.99. The van der Waals surface area contributed by atoms with E-state index in [2.05, 4.69) is 94.1 Å². The van der Waals surface area contributed by atoms with Gasteiger partial charge in [-0.3, -0.25) is 0 Å². The molecule has 3 heterocycles. The van der Waals surface area contributed by atoms with Crippen LogP contribution in [0, 0.1) is 22.7 Å². The summed E-state index contributed by atoms with van der Waals surface area (Å²) >= 11 is 0. The van der Waals surface area contributed by atoms with Crippen LogP contribution in [0.3, 0.4) is 0 Å². The molecule has 0 aliphatic heterocycles. The normalized spacial score (nSPS) is 11.6. The molecule has 0 N–H and O–H groups in total. The van der Waals surface area contributed by atoms with Gasteiger partial charge in [0, 0.05) is 49.4 Å². The first kappa shape index (κ1) is 27.1. The van der Waals surface area contributed by atoms with E-state index in [1.807, 2.05) is 72.8 Å². The zero-order valence-corrected chi connectivity index (χ0v) is 26.1. The van der Waals surface area contributed by atoms with Crippen molar-refractivity contribution in [1.82, 2.24) is 9.13 Å². The van der Waals surface area contributed by atoms with Crippen LogP contribution in [-0.4, -0.2) is 9.13 Å². The van der Waals surface area contributed by atoms with Gasteiger partial charge in [0.2, 0.25) is 0 Å². The Morgan fingerprint density at radius 1 is 0.429 bits per heavy atom. The minimum absolute atomic E-state index is 0.500. The van der Waals surface area contributed by atoms with E-state index < -0.39 is 0 Å². The Bertz CT molecular complexity index is 3030. The van der Waals surface area contributed by atoms with Crippen LogP contribution < -0.4 is 0 Å². The number of aromatic nitrogens is 2. The van der Waals surface area contributed by atoms with E-state index in [9.17, 15) is 10.5 Å². The third-order valence-corrected chi connectivity index (χ3v) is 9.81. The fourth-order valence-electron chi connectivity index (χ4n) is 7.70. The van der Waals surface area contributed by atoms with Gasteiger partial charge < -0.3 is 13.6 Å². The maximum Gasteiger partial charge on any atom is 0.145 e. The number of nitriles is 2. The number of furan rings is 1. The van der Waals surface area contributed by atoms with Crippen LogP contribution in [0.1, 0.15) is 11.1 Å². The minimum atomic E-state index is 0.500. The summed E-state index contributed by atoms with van der Waals surface area (Å²) in [5.41, 5.74) is 10.1. The Morgan fingerprint density at radius 3 is 1.51 bits per heavy atom. The molecule has 0 spiro atoms. The maximum atomic E-state index is 10.4. The van der Waals surface area contributed by atoms with E-state index in [-0.39, 0.29) is 0 Å². The van der Waals surface area contributed by atoms with Crippen molar-refractivity contribution >= 4 is 65.6 Å². The molecule has 0 saturated heterocycles. The van der Waals surface area contributed by atoms with Crippen molar-refractivity contribution in [3.8, 4) is 34.6 Å². The lowest BCUT2D eigenvalue weighted by atomic mass is 9.95.